The van der Waals surface area contributed by atoms with Crippen LogP contribution in [0.2, 0.25) is 0 Å². The first-order chi connectivity index (χ1) is 11.7. The van der Waals surface area contributed by atoms with Crippen molar-refractivity contribution in [3.8, 4) is 0 Å². The second-order valence-corrected chi connectivity index (χ2v) is 6.63. The van der Waals surface area contributed by atoms with E-state index in [0.717, 1.165) is 45.6 Å². The second-order valence-electron chi connectivity index (χ2n) is 6.63. The summed E-state index contributed by atoms with van der Waals surface area (Å²) in [4.78, 5) is 16.7. The van der Waals surface area contributed by atoms with Gasteiger partial charge in [0, 0.05) is 32.7 Å². The predicted molar refractivity (Wildman–Crippen MR) is 106 cm³/mol. The molecule has 1 unspecified atom stereocenters. The lowest BCUT2D eigenvalue weighted by Crippen LogP contribution is -2.52. The molecule has 1 fully saturated rings. The molecule has 1 heterocycles. The minimum absolute atomic E-state index is 0. The number of piperazine rings is 1. The van der Waals surface area contributed by atoms with E-state index in [-0.39, 0.29) is 24.4 Å². The smallest absolute Gasteiger partial charge is 0.239 e. The number of fused-ring (bicyclic) bond motifs is 1. The zero-order valence-electron chi connectivity index (χ0n) is 14.9. The van der Waals surface area contributed by atoms with Crippen molar-refractivity contribution in [1.82, 2.24) is 9.80 Å². The Hall–Kier alpha value is -1.62. The Bertz CT molecular complexity index is 693. The Labute approximate surface area is 156 Å². The number of carbonyl (C=O) groups is 1. The maximum atomic E-state index is 12.3. The first kappa shape index (κ1) is 19.7. The lowest BCUT2D eigenvalue weighted by molar-refractivity contribution is -0.134. The summed E-state index contributed by atoms with van der Waals surface area (Å²) < 4.78 is 0. The van der Waals surface area contributed by atoms with Gasteiger partial charge in [-0.1, -0.05) is 55.8 Å². The Morgan fingerprint density at radius 2 is 1.76 bits per heavy atom. The molecule has 2 aromatic carbocycles. The maximum absolute atomic E-state index is 12.3. The number of rotatable bonds is 5. The van der Waals surface area contributed by atoms with Gasteiger partial charge in [-0.15, -0.1) is 12.4 Å². The van der Waals surface area contributed by atoms with Crippen LogP contribution in [0.4, 0.5) is 0 Å². The molecular formula is C20H28ClN3O. The lowest BCUT2D eigenvalue weighted by atomic mass is 10.0. The zero-order valence-corrected chi connectivity index (χ0v) is 15.7. The van der Waals surface area contributed by atoms with Crippen LogP contribution in [-0.2, 0) is 11.3 Å². The number of halogens is 1. The van der Waals surface area contributed by atoms with E-state index in [1.165, 1.54) is 16.3 Å². The van der Waals surface area contributed by atoms with Crippen molar-refractivity contribution < 1.29 is 4.79 Å². The van der Waals surface area contributed by atoms with Crippen LogP contribution >= 0.6 is 12.4 Å². The van der Waals surface area contributed by atoms with Crippen LogP contribution in [0.3, 0.4) is 0 Å². The Morgan fingerprint density at radius 1 is 1.08 bits per heavy atom. The molecule has 136 valence electrons. The van der Waals surface area contributed by atoms with Crippen LogP contribution in [0.5, 0.6) is 0 Å². The summed E-state index contributed by atoms with van der Waals surface area (Å²) in [6, 6.07) is 14.7. The van der Waals surface area contributed by atoms with Gasteiger partial charge in [0.2, 0.25) is 5.91 Å². The Morgan fingerprint density at radius 3 is 2.48 bits per heavy atom. The highest BCUT2D eigenvalue weighted by molar-refractivity contribution is 5.86. The fourth-order valence-electron chi connectivity index (χ4n) is 3.47. The molecule has 0 saturated carbocycles. The molecular weight excluding hydrogens is 334 g/mol. The van der Waals surface area contributed by atoms with Crippen molar-refractivity contribution in [2.75, 3.05) is 26.2 Å². The van der Waals surface area contributed by atoms with Gasteiger partial charge in [0.1, 0.15) is 0 Å². The van der Waals surface area contributed by atoms with Gasteiger partial charge in [-0.25, -0.2) is 0 Å². The zero-order chi connectivity index (χ0) is 16.9. The molecule has 0 radical (unpaired) electrons. The number of nitrogens with two attached hydrogens (primary N) is 1. The number of hydrogen-bond acceptors (Lipinski definition) is 3. The van der Waals surface area contributed by atoms with Gasteiger partial charge in [-0.05, 0) is 22.8 Å². The SMILES string of the molecule is CCCC(N)C(=O)N1CCN(Cc2cccc3ccccc23)CC1.Cl. The molecule has 0 spiro atoms. The summed E-state index contributed by atoms with van der Waals surface area (Å²) >= 11 is 0. The standard InChI is InChI=1S/C20H27N3O.ClH/c1-2-6-19(21)20(24)23-13-11-22(12-14-23)15-17-9-5-8-16-7-3-4-10-18(16)17;/h3-5,7-10,19H,2,6,11-15,21H2,1H3;1H. The van der Waals surface area contributed by atoms with Gasteiger partial charge in [-0.3, -0.25) is 9.69 Å². The third-order valence-corrected chi connectivity index (χ3v) is 4.87. The lowest BCUT2D eigenvalue weighted by Gasteiger charge is -2.36. The summed E-state index contributed by atoms with van der Waals surface area (Å²) in [7, 11) is 0. The molecule has 1 aliphatic heterocycles. The molecule has 2 aromatic rings. The summed E-state index contributed by atoms with van der Waals surface area (Å²) in [5.74, 6) is 0.113. The topological polar surface area (TPSA) is 49.6 Å². The van der Waals surface area contributed by atoms with Gasteiger partial charge in [-0.2, -0.15) is 0 Å². The van der Waals surface area contributed by atoms with E-state index in [1.807, 2.05) is 4.90 Å². The largest absolute Gasteiger partial charge is 0.339 e. The van der Waals surface area contributed by atoms with Crippen LogP contribution in [0.25, 0.3) is 10.8 Å². The molecule has 1 saturated heterocycles. The van der Waals surface area contributed by atoms with Gasteiger partial charge < -0.3 is 10.6 Å². The van der Waals surface area contributed by atoms with Crippen LogP contribution in [0, 0.1) is 0 Å². The number of nitrogens with zero attached hydrogens (tertiary/aromatic N) is 2. The van der Waals surface area contributed by atoms with Crippen LogP contribution in [-0.4, -0.2) is 47.9 Å². The van der Waals surface area contributed by atoms with E-state index < -0.39 is 0 Å². The molecule has 0 bridgehead atoms. The summed E-state index contributed by atoms with van der Waals surface area (Å²) in [6.45, 7) is 6.38. The molecule has 0 aliphatic carbocycles. The quantitative estimate of drug-likeness (QED) is 0.890. The van der Waals surface area contributed by atoms with Crippen molar-refractivity contribution in [2.24, 2.45) is 5.73 Å². The highest BCUT2D eigenvalue weighted by atomic mass is 35.5. The van der Waals surface area contributed by atoms with Crippen molar-refractivity contribution in [1.29, 1.82) is 0 Å². The minimum atomic E-state index is -0.334. The van der Waals surface area contributed by atoms with E-state index in [4.69, 9.17) is 5.73 Å². The maximum Gasteiger partial charge on any atom is 0.239 e. The van der Waals surface area contributed by atoms with Crippen LogP contribution in [0.15, 0.2) is 42.5 Å². The molecule has 1 aliphatic rings. The molecule has 4 nitrogen and oxygen atoms in total. The first-order valence-electron chi connectivity index (χ1n) is 8.92. The molecule has 1 amide bonds. The van der Waals surface area contributed by atoms with E-state index in [0.29, 0.717) is 0 Å². The molecule has 3 rings (SSSR count). The van der Waals surface area contributed by atoms with Gasteiger partial charge >= 0.3 is 0 Å². The average Bonchev–Trinajstić information content (AvgIpc) is 2.62. The van der Waals surface area contributed by atoms with E-state index in [9.17, 15) is 4.79 Å². The highest BCUT2D eigenvalue weighted by Gasteiger charge is 2.24. The Balaban J connectivity index is 0.00000225. The van der Waals surface area contributed by atoms with Crippen molar-refractivity contribution in [2.45, 2.75) is 32.4 Å². The first-order valence-corrected chi connectivity index (χ1v) is 8.92. The number of benzene rings is 2. The summed E-state index contributed by atoms with van der Waals surface area (Å²) in [5, 5.41) is 2.61. The van der Waals surface area contributed by atoms with Crippen molar-refractivity contribution in [3.63, 3.8) is 0 Å². The summed E-state index contributed by atoms with van der Waals surface area (Å²) in [5.41, 5.74) is 7.33. The van der Waals surface area contributed by atoms with Crippen LogP contribution in [0.1, 0.15) is 25.3 Å². The minimum Gasteiger partial charge on any atom is -0.339 e. The van der Waals surface area contributed by atoms with Gasteiger partial charge in [0.25, 0.3) is 0 Å². The fourth-order valence-corrected chi connectivity index (χ4v) is 3.47. The Kier molecular flexibility index (Phi) is 7.24. The third kappa shape index (κ3) is 4.72. The highest BCUT2D eigenvalue weighted by Crippen LogP contribution is 2.20. The molecule has 1 atom stereocenters. The monoisotopic (exact) mass is 361 g/mol. The number of amides is 1. The van der Waals surface area contributed by atoms with Gasteiger partial charge in [0.05, 0.1) is 6.04 Å². The van der Waals surface area contributed by atoms with E-state index >= 15 is 0 Å². The van der Waals surface area contributed by atoms with Crippen LogP contribution < -0.4 is 5.73 Å². The average molecular weight is 362 g/mol. The van der Waals surface area contributed by atoms with Crippen molar-refractivity contribution in [3.05, 3.63) is 48.0 Å². The second kappa shape index (κ2) is 9.18. The predicted octanol–water partition coefficient (Wildman–Crippen LogP) is 3.03. The normalized spacial score (nSPS) is 16.5. The summed E-state index contributed by atoms with van der Waals surface area (Å²) in [6.07, 6.45) is 1.73. The number of carbonyl (C=O) groups excluding carboxylic acids is 1. The number of hydrogen-bond donors (Lipinski definition) is 1. The van der Waals surface area contributed by atoms with E-state index in [2.05, 4.69) is 54.3 Å². The third-order valence-electron chi connectivity index (χ3n) is 4.87. The molecule has 2 N–H and O–H groups in total. The molecule has 5 heteroatoms. The van der Waals surface area contributed by atoms with Crippen molar-refractivity contribution >= 4 is 29.1 Å². The molecule has 25 heavy (non-hydrogen) atoms. The fraction of sp³-hybridized carbons (Fsp3) is 0.450. The molecule has 0 aromatic heterocycles. The van der Waals surface area contributed by atoms with E-state index in [1.54, 1.807) is 0 Å². The van der Waals surface area contributed by atoms with Gasteiger partial charge in [0.15, 0.2) is 0 Å².